The molecule has 4 rings (SSSR count). The van der Waals surface area contributed by atoms with Gasteiger partial charge in [-0.15, -0.1) is 0 Å². The van der Waals surface area contributed by atoms with E-state index < -0.39 is 17.7 Å². The van der Waals surface area contributed by atoms with Crippen molar-refractivity contribution in [3.05, 3.63) is 89.5 Å². The number of nitrogens with one attached hydrogen (secondary N) is 2. The van der Waals surface area contributed by atoms with Crippen molar-refractivity contribution in [2.75, 3.05) is 23.4 Å². The monoisotopic (exact) mass is 516 g/mol. The second kappa shape index (κ2) is 11.5. The number of para-hydroxylation sites is 1. The number of ether oxygens (including phenoxy) is 1. The number of nitrogens with two attached hydrogens (primary N) is 1. The minimum absolute atomic E-state index is 0.00622. The number of carbonyl (C=O) groups excluding carboxylic acids is 2. The third kappa shape index (κ3) is 5.80. The van der Waals surface area contributed by atoms with Crippen LogP contribution < -0.4 is 16.0 Å². The minimum Gasteiger partial charge on any atom is -0.466 e. The number of amides is 1. The molecule has 1 heterocycles. The Hall–Kier alpha value is -4.73. The van der Waals surface area contributed by atoms with Crippen LogP contribution in [-0.4, -0.2) is 40.4 Å². The van der Waals surface area contributed by atoms with Crippen LogP contribution in [0.3, 0.4) is 0 Å². The van der Waals surface area contributed by atoms with E-state index in [0.717, 1.165) is 17.0 Å². The van der Waals surface area contributed by atoms with Crippen LogP contribution >= 0.6 is 0 Å². The second-order valence-electron chi connectivity index (χ2n) is 8.60. The Kier molecular flexibility index (Phi) is 8.00. The zero-order valence-corrected chi connectivity index (χ0v) is 21.2. The van der Waals surface area contributed by atoms with Gasteiger partial charge in [-0.05, 0) is 61.5 Å². The van der Waals surface area contributed by atoms with Crippen molar-refractivity contribution >= 4 is 40.1 Å². The topological polar surface area (TPSA) is 126 Å². The van der Waals surface area contributed by atoms with Gasteiger partial charge in [0, 0.05) is 30.4 Å². The summed E-state index contributed by atoms with van der Waals surface area (Å²) in [5, 5.41) is 10.8. The van der Waals surface area contributed by atoms with Crippen LogP contribution in [0.1, 0.15) is 35.1 Å². The molecule has 0 saturated carbocycles. The highest BCUT2D eigenvalue weighted by atomic mass is 19.1. The fourth-order valence-electron chi connectivity index (χ4n) is 4.08. The molecule has 0 unspecified atom stereocenters. The van der Waals surface area contributed by atoms with Gasteiger partial charge in [-0.3, -0.25) is 15.0 Å². The maximum absolute atomic E-state index is 14.6. The number of amidine groups is 1. The van der Waals surface area contributed by atoms with E-state index in [2.05, 4.69) is 5.32 Å². The third-order valence-electron chi connectivity index (χ3n) is 6.10. The summed E-state index contributed by atoms with van der Waals surface area (Å²) in [6.07, 6.45) is -0.0665. The number of hydrogen-bond acceptors (Lipinski definition) is 6. The van der Waals surface area contributed by atoms with Crippen molar-refractivity contribution < 1.29 is 18.7 Å². The van der Waals surface area contributed by atoms with E-state index in [1.807, 2.05) is 23.7 Å². The van der Waals surface area contributed by atoms with Gasteiger partial charge in [0.25, 0.3) is 5.91 Å². The molecule has 0 radical (unpaired) electrons. The lowest BCUT2D eigenvalue weighted by atomic mass is 10.1. The second-order valence-corrected chi connectivity index (χ2v) is 8.60. The van der Waals surface area contributed by atoms with Crippen LogP contribution in [0.5, 0.6) is 0 Å². The molecule has 0 bridgehead atoms. The number of carbonyl (C=O) groups is 2. The molecule has 0 spiro atoms. The molecule has 0 atom stereocenters. The Morgan fingerprint density at radius 2 is 1.82 bits per heavy atom. The lowest BCUT2D eigenvalue weighted by molar-refractivity contribution is -0.142. The molecular weight excluding hydrogens is 487 g/mol. The summed E-state index contributed by atoms with van der Waals surface area (Å²) in [7, 11) is 1.89. The number of nitrogens with zero attached hydrogens (tertiary/aromatic N) is 3. The van der Waals surface area contributed by atoms with Crippen molar-refractivity contribution in [1.29, 1.82) is 5.41 Å². The molecule has 1 amide bonds. The first-order valence-corrected chi connectivity index (χ1v) is 12.1. The van der Waals surface area contributed by atoms with E-state index in [4.69, 9.17) is 20.9 Å². The molecule has 9 nitrogen and oxygen atoms in total. The Morgan fingerprint density at radius 1 is 1.11 bits per heavy atom. The van der Waals surface area contributed by atoms with Gasteiger partial charge < -0.3 is 25.3 Å². The molecule has 0 aliphatic carbocycles. The number of imidazole rings is 1. The van der Waals surface area contributed by atoms with E-state index in [1.165, 1.54) is 17.0 Å². The number of nitrogen functional groups attached to an aromatic ring is 1. The summed E-state index contributed by atoms with van der Waals surface area (Å²) in [5.74, 6) is -0.722. The van der Waals surface area contributed by atoms with Gasteiger partial charge in [-0.25, -0.2) is 9.37 Å². The van der Waals surface area contributed by atoms with Gasteiger partial charge in [0.2, 0.25) is 0 Å². The van der Waals surface area contributed by atoms with E-state index in [-0.39, 0.29) is 31.1 Å². The van der Waals surface area contributed by atoms with E-state index in [1.54, 1.807) is 49.4 Å². The Bertz CT molecular complexity index is 1480. The zero-order chi connectivity index (χ0) is 27.2. The number of aromatic nitrogens is 2. The summed E-state index contributed by atoms with van der Waals surface area (Å²) >= 11 is 0. The highest BCUT2D eigenvalue weighted by molar-refractivity contribution is 6.08. The van der Waals surface area contributed by atoms with Gasteiger partial charge >= 0.3 is 5.97 Å². The number of benzene rings is 3. The molecule has 4 aromatic rings. The fraction of sp³-hybridized carbons (Fsp3) is 0.214. The predicted molar refractivity (Wildman–Crippen MR) is 145 cm³/mol. The Labute approximate surface area is 219 Å². The van der Waals surface area contributed by atoms with Gasteiger partial charge in [0.05, 0.1) is 36.3 Å². The molecule has 0 aliphatic heterocycles. The third-order valence-corrected chi connectivity index (χ3v) is 6.10. The molecular formula is C28H29FN6O3. The summed E-state index contributed by atoms with van der Waals surface area (Å²) in [6, 6.07) is 18.3. The lowest BCUT2D eigenvalue weighted by Gasteiger charge is -2.23. The molecule has 0 fully saturated rings. The van der Waals surface area contributed by atoms with Crippen molar-refractivity contribution in [2.45, 2.75) is 19.9 Å². The molecule has 3 aromatic carbocycles. The van der Waals surface area contributed by atoms with Crippen LogP contribution in [0, 0.1) is 11.2 Å². The Balaban J connectivity index is 1.57. The summed E-state index contributed by atoms with van der Waals surface area (Å²) in [4.78, 5) is 31.4. The van der Waals surface area contributed by atoms with Gasteiger partial charge in [0.15, 0.2) is 0 Å². The molecule has 10 heteroatoms. The van der Waals surface area contributed by atoms with Crippen LogP contribution in [0.4, 0.5) is 15.8 Å². The number of hydrogen-bond donors (Lipinski definition) is 3. The fourth-order valence-corrected chi connectivity index (χ4v) is 4.08. The Morgan fingerprint density at radius 3 is 2.50 bits per heavy atom. The van der Waals surface area contributed by atoms with Crippen molar-refractivity contribution in [3.8, 4) is 0 Å². The molecule has 0 aliphatic rings. The number of aryl methyl sites for hydroxylation is 1. The smallest absolute Gasteiger partial charge is 0.307 e. The quantitative estimate of drug-likeness (QED) is 0.165. The maximum atomic E-state index is 14.6. The van der Waals surface area contributed by atoms with Gasteiger partial charge in [-0.2, -0.15) is 0 Å². The van der Waals surface area contributed by atoms with Crippen LogP contribution in [0.25, 0.3) is 11.0 Å². The largest absolute Gasteiger partial charge is 0.466 e. The maximum Gasteiger partial charge on any atom is 0.307 e. The highest BCUT2D eigenvalue weighted by Gasteiger charge is 2.23. The number of rotatable bonds is 10. The highest BCUT2D eigenvalue weighted by Crippen LogP contribution is 2.24. The number of esters is 1. The average molecular weight is 517 g/mol. The predicted octanol–water partition coefficient (Wildman–Crippen LogP) is 4.21. The lowest BCUT2D eigenvalue weighted by Crippen LogP contribution is -2.34. The van der Waals surface area contributed by atoms with Crippen molar-refractivity contribution in [2.24, 2.45) is 12.8 Å². The van der Waals surface area contributed by atoms with Crippen molar-refractivity contribution in [3.63, 3.8) is 0 Å². The first kappa shape index (κ1) is 26.3. The van der Waals surface area contributed by atoms with Gasteiger partial charge in [0.1, 0.15) is 17.5 Å². The normalized spacial score (nSPS) is 10.8. The van der Waals surface area contributed by atoms with Crippen LogP contribution in [0.15, 0.2) is 66.7 Å². The van der Waals surface area contributed by atoms with E-state index in [0.29, 0.717) is 23.2 Å². The molecule has 196 valence electrons. The SMILES string of the molecule is CCOC(=O)CCN(C(=O)c1ccc2c(c1)nc(CNc1ccc(C(=N)N)cc1)n2C)c1ccccc1F. The summed E-state index contributed by atoms with van der Waals surface area (Å²) < 4.78 is 21.5. The molecule has 0 saturated heterocycles. The number of halogens is 1. The molecule has 1 aromatic heterocycles. The van der Waals surface area contributed by atoms with Gasteiger partial charge in [-0.1, -0.05) is 12.1 Å². The summed E-state index contributed by atoms with van der Waals surface area (Å²) in [6.45, 7) is 2.32. The first-order valence-electron chi connectivity index (χ1n) is 12.1. The number of anilines is 2. The molecule has 4 N–H and O–H groups in total. The standard InChI is InChI=1S/C28H29FN6O3/c1-3-38-26(36)14-15-35(23-7-5-4-6-21(23)29)28(37)19-10-13-24-22(16-19)33-25(34(24)2)17-32-20-11-8-18(9-12-20)27(30)31/h4-13,16,32H,3,14-15,17H2,1-2H3,(H3,30,31). The van der Waals surface area contributed by atoms with Crippen molar-refractivity contribution in [1.82, 2.24) is 9.55 Å². The van der Waals surface area contributed by atoms with E-state index >= 15 is 0 Å². The van der Waals surface area contributed by atoms with Crippen LogP contribution in [-0.2, 0) is 23.1 Å². The van der Waals surface area contributed by atoms with E-state index in [9.17, 15) is 14.0 Å². The zero-order valence-electron chi connectivity index (χ0n) is 21.2. The number of fused-ring (bicyclic) bond motifs is 1. The summed E-state index contributed by atoms with van der Waals surface area (Å²) in [5.41, 5.74) is 8.85. The minimum atomic E-state index is -0.562. The average Bonchev–Trinajstić information content (AvgIpc) is 3.23. The first-order chi connectivity index (χ1) is 18.3. The van der Waals surface area contributed by atoms with Crippen LogP contribution in [0.2, 0.25) is 0 Å². The molecule has 38 heavy (non-hydrogen) atoms.